The van der Waals surface area contributed by atoms with Gasteiger partial charge in [-0.25, -0.2) is 0 Å². The molecule has 0 bridgehead atoms. The number of piperidine rings is 1. The summed E-state index contributed by atoms with van der Waals surface area (Å²) in [4.78, 5) is 20.0. The van der Waals surface area contributed by atoms with Gasteiger partial charge < -0.3 is 9.64 Å². The highest BCUT2D eigenvalue weighted by Crippen LogP contribution is 2.39. The first kappa shape index (κ1) is 17.9. The number of ether oxygens (including phenoxy) is 1. The molecule has 0 radical (unpaired) electrons. The molecule has 0 saturated carbocycles. The van der Waals surface area contributed by atoms with Gasteiger partial charge in [-0.2, -0.15) is 15.2 Å². The zero-order valence-corrected chi connectivity index (χ0v) is 16.6. The number of anilines is 1. The number of nitrogens with zero attached hydrogens (tertiary/aromatic N) is 6. The number of rotatable bonds is 1. The number of fused-ring (bicyclic) bond motifs is 1. The Morgan fingerprint density at radius 3 is 2.72 bits per heavy atom. The van der Waals surface area contributed by atoms with Crippen molar-refractivity contribution in [2.75, 3.05) is 31.2 Å². The molecule has 3 aromatic heterocycles. The van der Waals surface area contributed by atoms with Crippen LogP contribution in [0.5, 0.6) is 0 Å². The van der Waals surface area contributed by atoms with Gasteiger partial charge in [0.25, 0.3) is 5.56 Å². The monoisotopic (exact) mass is 393 g/mol. The second-order valence-electron chi connectivity index (χ2n) is 7.99. The Balaban J connectivity index is 1.46. The third kappa shape index (κ3) is 3.09. The quantitative estimate of drug-likeness (QED) is 0.615. The highest BCUT2D eigenvalue weighted by molar-refractivity contribution is 5.81. The Kier molecular flexibility index (Phi) is 4.17. The lowest BCUT2D eigenvalue weighted by atomic mass is 9.78. The Morgan fingerprint density at radius 2 is 2.03 bits per heavy atom. The van der Waals surface area contributed by atoms with Crippen LogP contribution in [0, 0.1) is 17.3 Å². The van der Waals surface area contributed by atoms with E-state index in [2.05, 4.69) is 32.0 Å². The molecule has 0 aliphatic carbocycles. The van der Waals surface area contributed by atoms with Crippen LogP contribution in [0.1, 0.15) is 30.7 Å². The first-order chi connectivity index (χ1) is 14.0. The summed E-state index contributed by atoms with van der Waals surface area (Å²) in [6, 6.07) is 1.81. The molecule has 1 spiro atoms. The molecular weight excluding hydrogens is 370 g/mol. The van der Waals surface area contributed by atoms with E-state index in [0.29, 0.717) is 33.8 Å². The lowest BCUT2D eigenvalue weighted by Gasteiger charge is -2.39. The van der Waals surface area contributed by atoms with Crippen LogP contribution in [0.2, 0.25) is 0 Å². The van der Waals surface area contributed by atoms with E-state index in [9.17, 15) is 4.79 Å². The van der Waals surface area contributed by atoms with E-state index in [4.69, 9.17) is 9.72 Å². The number of H-pyrrole nitrogens is 1. The van der Waals surface area contributed by atoms with Crippen LogP contribution in [0.4, 0.5) is 5.95 Å². The number of aromatic nitrogens is 6. The van der Waals surface area contributed by atoms with Gasteiger partial charge in [-0.3, -0.25) is 19.1 Å². The summed E-state index contributed by atoms with van der Waals surface area (Å²) in [5, 5.41) is 11.7. The molecule has 0 unspecified atom stereocenters. The largest absolute Gasteiger partial charge is 0.381 e. The third-order valence-corrected chi connectivity index (χ3v) is 6.09. The molecule has 2 aliphatic rings. The zero-order valence-electron chi connectivity index (χ0n) is 16.6. The SMILES string of the molecule is Cn1ccc(C#Cc2n[nH]c3nc(N4CCC5(CCOC5)CC4)n(C)c(=O)c23)n1. The third-order valence-electron chi connectivity index (χ3n) is 6.09. The van der Waals surface area contributed by atoms with Crippen LogP contribution in [-0.4, -0.2) is 55.8 Å². The summed E-state index contributed by atoms with van der Waals surface area (Å²) in [6.45, 7) is 3.45. The minimum atomic E-state index is -0.145. The normalized spacial score (nSPS) is 18.3. The van der Waals surface area contributed by atoms with Crippen molar-refractivity contribution in [2.45, 2.75) is 19.3 Å². The van der Waals surface area contributed by atoms with Gasteiger partial charge in [0, 0.05) is 40.0 Å². The molecule has 9 nitrogen and oxygen atoms in total. The van der Waals surface area contributed by atoms with E-state index in [0.717, 1.165) is 45.6 Å². The average Bonchev–Trinajstić information content (AvgIpc) is 3.45. The summed E-state index contributed by atoms with van der Waals surface area (Å²) in [7, 11) is 3.59. The van der Waals surface area contributed by atoms with Gasteiger partial charge in [-0.05, 0) is 42.6 Å². The van der Waals surface area contributed by atoms with Crippen LogP contribution < -0.4 is 10.5 Å². The fourth-order valence-electron chi connectivity index (χ4n) is 4.25. The molecule has 0 atom stereocenters. The first-order valence-corrected chi connectivity index (χ1v) is 9.84. The van der Waals surface area contributed by atoms with Gasteiger partial charge in [-0.15, -0.1) is 0 Å². The van der Waals surface area contributed by atoms with Gasteiger partial charge >= 0.3 is 0 Å². The van der Waals surface area contributed by atoms with Crippen molar-refractivity contribution < 1.29 is 4.74 Å². The van der Waals surface area contributed by atoms with E-state index in [1.165, 1.54) is 0 Å². The van der Waals surface area contributed by atoms with E-state index < -0.39 is 0 Å². The second-order valence-corrected chi connectivity index (χ2v) is 7.99. The number of nitrogens with one attached hydrogen (secondary N) is 1. The lowest BCUT2D eigenvalue weighted by molar-refractivity contribution is 0.133. The van der Waals surface area contributed by atoms with Gasteiger partial charge in [-0.1, -0.05) is 0 Å². The van der Waals surface area contributed by atoms with Gasteiger partial charge in [0.05, 0.1) is 6.61 Å². The lowest BCUT2D eigenvalue weighted by Crippen LogP contribution is -2.43. The summed E-state index contributed by atoms with van der Waals surface area (Å²) in [6.07, 6.45) is 5.07. The molecule has 29 heavy (non-hydrogen) atoms. The predicted molar refractivity (Wildman–Crippen MR) is 108 cm³/mol. The Labute approximate surface area is 167 Å². The molecule has 150 valence electrons. The van der Waals surface area contributed by atoms with Crippen molar-refractivity contribution in [3.63, 3.8) is 0 Å². The van der Waals surface area contributed by atoms with Crippen LogP contribution in [-0.2, 0) is 18.8 Å². The van der Waals surface area contributed by atoms with Gasteiger partial charge in [0.1, 0.15) is 11.1 Å². The summed E-state index contributed by atoms with van der Waals surface area (Å²) in [5.41, 5.74) is 1.66. The van der Waals surface area contributed by atoms with Crippen molar-refractivity contribution in [1.82, 2.24) is 29.5 Å². The Morgan fingerprint density at radius 1 is 1.21 bits per heavy atom. The molecule has 9 heteroatoms. The van der Waals surface area contributed by atoms with Crippen LogP contribution in [0.15, 0.2) is 17.1 Å². The fraction of sp³-hybridized carbons (Fsp3) is 0.500. The van der Waals surface area contributed by atoms with Crippen LogP contribution in [0.25, 0.3) is 11.0 Å². The molecule has 5 heterocycles. The van der Waals surface area contributed by atoms with Gasteiger partial charge in [0.15, 0.2) is 11.3 Å². The Hall–Kier alpha value is -3.12. The van der Waals surface area contributed by atoms with Crippen molar-refractivity contribution in [3.8, 4) is 11.8 Å². The maximum atomic E-state index is 13.1. The fourth-order valence-corrected chi connectivity index (χ4v) is 4.25. The van der Waals surface area contributed by atoms with Crippen molar-refractivity contribution in [1.29, 1.82) is 0 Å². The van der Waals surface area contributed by atoms with Gasteiger partial charge in [0.2, 0.25) is 5.95 Å². The van der Waals surface area contributed by atoms with E-state index in [1.54, 1.807) is 16.3 Å². The second kappa shape index (κ2) is 6.74. The van der Waals surface area contributed by atoms with Crippen molar-refractivity contribution in [3.05, 3.63) is 34.0 Å². The molecule has 2 fully saturated rings. The maximum absolute atomic E-state index is 13.1. The summed E-state index contributed by atoms with van der Waals surface area (Å²) >= 11 is 0. The summed E-state index contributed by atoms with van der Waals surface area (Å²) < 4.78 is 8.90. The van der Waals surface area contributed by atoms with E-state index in [1.807, 2.05) is 19.3 Å². The molecular formula is C20H23N7O2. The Bertz CT molecular complexity index is 1180. The minimum absolute atomic E-state index is 0.145. The van der Waals surface area contributed by atoms with Crippen LogP contribution in [0.3, 0.4) is 0 Å². The molecule has 2 saturated heterocycles. The zero-order chi connectivity index (χ0) is 20.0. The van der Waals surface area contributed by atoms with E-state index in [-0.39, 0.29) is 5.56 Å². The maximum Gasteiger partial charge on any atom is 0.267 e. The van der Waals surface area contributed by atoms with E-state index >= 15 is 0 Å². The summed E-state index contributed by atoms with van der Waals surface area (Å²) in [5.74, 6) is 6.57. The number of hydrogen-bond donors (Lipinski definition) is 1. The van der Waals surface area contributed by atoms with Crippen molar-refractivity contribution >= 4 is 17.0 Å². The highest BCUT2D eigenvalue weighted by atomic mass is 16.5. The number of aryl methyl sites for hydroxylation is 1. The van der Waals surface area contributed by atoms with Crippen LogP contribution >= 0.6 is 0 Å². The highest BCUT2D eigenvalue weighted by Gasteiger charge is 2.38. The average molecular weight is 393 g/mol. The molecule has 1 N–H and O–H groups in total. The smallest absolute Gasteiger partial charge is 0.267 e. The van der Waals surface area contributed by atoms with Crippen molar-refractivity contribution in [2.24, 2.45) is 19.5 Å². The minimum Gasteiger partial charge on any atom is -0.381 e. The molecule has 0 amide bonds. The molecule has 5 rings (SSSR count). The first-order valence-electron chi connectivity index (χ1n) is 9.84. The number of hydrogen-bond acceptors (Lipinski definition) is 6. The molecule has 0 aromatic carbocycles. The molecule has 2 aliphatic heterocycles. The molecule has 3 aromatic rings. The number of aromatic amines is 1. The predicted octanol–water partition coefficient (Wildman–Crippen LogP) is 0.797. The standard InChI is InChI=1S/C20H23N7O2/c1-25-9-5-14(24-25)3-4-15-16-17(23-22-15)21-19(26(2)18(16)28)27-10-6-20(7-11-27)8-12-29-13-20/h5,9H,6-8,10-13H2,1-2H3,(H,22,23). The topological polar surface area (TPSA) is 93.9 Å².